The Bertz CT molecular complexity index is 719. The van der Waals surface area contributed by atoms with Crippen LogP contribution in [-0.2, 0) is 11.3 Å². The van der Waals surface area contributed by atoms with E-state index < -0.39 is 0 Å². The van der Waals surface area contributed by atoms with Crippen molar-refractivity contribution in [2.45, 2.75) is 19.5 Å². The van der Waals surface area contributed by atoms with Crippen LogP contribution in [0.2, 0.25) is 5.02 Å². The predicted molar refractivity (Wildman–Crippen MR) is 101 cm³/mol. The summed E-state index contributed by atoms with van der Waals surface area (Å²) in [4.78, 5) is 14.4. The summed E-state index contributed by atoms with van der Waals surface area (Å²) >= 11 is 5.86. The van der Waals surface area contributed by atoms with Gasteiger partial charge in [-0.1, -0.05) is 17.7 Å². The molecule has 1 atom stereocenters. The monoisotopic (exact) mass is 362 g/mol. The van der Waals surface area contributed by atoms with Crippen LogP contribution in [0.1, 0.15) is 12.5 Å². The summed E-state index contributed by atoms with van der Waals surface area (Å²) in [5.41, 5.74) is 1.76. The Morgan fingerprint density at radius 3 is 2.36 bits per heavy atom. The van der Waals surface area contributed by atoms with E-state index in [1.165, 1.54) is 0 Å². The first kappa shape index (κ1) is 19.1. The van der Waals surface area contributed by atoms with Gasteiger partial charge < -0.3 is 14.8 Å². The molecule has 25 heavy (non-hydrogen) atoms. The molecular formula is C19H23ClN2O3. The average Bonchev–Trinajstić information content (AvgIpc) is 2.62. The van der Waals surface area contributed by atoms with Crippen molar-refractivity contribution in [3.05, 3.63) is 53.1 Å². The van der Waals surface area contributed by atoms with Crippen LogP contribution in [0.5, 0.6) is 11.5 Å². The number of halogens is 1. The van der Waals surface area contributed by atoms with Gasteiger partial charge in [0.2, 0.25) is 5.91 Å². The molecule has 0 radical (unpaired) electrons. The molecule has 5 nitrogen and oxygen atoms in total. The first-order valence-electron chi connectivity index (χ1n) is 7.92. The molecule has 0 saturated carbocycles. The highest BCUT2D eigenvalue weighted by molar-refractivity contribution is 6.30. The molecule has 2 aromatic rings. The van der Waals surface area contributed by atoms with Gasteiger partial charge in [-0.2, -0.15) is 0 Å². The van der Waals surface area contributed by atoms with E-state index in [9.17, 15) is 4.79 Å². The van der Waals surface area contributed by atoms with Crippen LogP contribution in [0.25, 0.3) is 0 Å². The van der Waals surface area contributed by atoms with Gasteiger partial charge in [-0.15, -0.1) is 0 Å². The van der Waals surface area contributed by atoms with Crippen molar-refractivity contribution in [2.75, 3.05) is 26.6 Å². The zero-order chi connectivity index (χ0) is 18.4. The third-order valence-electron chi connectivity index (χ3n) is 4.03. The Morgan fingerprint density at radius 1 is 1.12 bits per heavy atom. The van der Waals surface area contributed by atoms with Crippen molar-refractivity contribution >= 4 is 23.2 Å². The molecule has 0 aliphatic heterocycles. The second-order valence-corrected chi connectivity index (χ2v) is 6.21. The number of likely N-dealkylation sites (N-methyl/N-ethyl adjacent to an activating group) is 1. The second kappa shape index (κ2) is 8.74. The highest BCUT2D eigenvalue weighted by Crippen LogP contribution is 2.28. The molecule has 0 aliphatic rings. The summed E-state index contributed by atoms with van der Waals surface area (Å²) in [5, 5.41) is 3.53. The zero-order valence-corrected chi connectivity index (χ0v) is 15.6. The summed E-state index contributed by atoms with van der Waals surface area (Å²) in [5.74, 6) is 1.28. The van der Waals surface area contributed by atoms with Gasteiger partial charge in [0.05, 0.1) is 20.3 Å². The van der Waals surface area contributed by atoms with Gasteiger partial charge in [0.15, 0.2) is 11.5 Å². The van der Waals surface area contributed by atoms with E-state index in [0.29, 0.717) is 23.1 Å². The molecule has 1 N–H and O–H groups in total. The van der Waals surface area contributed by atoms with Crippen LogP contribution >= 0.6 is 11.6 Å². The number of nitrogens with one attached hydrogen (secondary N) is 1. The van der Waals surface area contributed by atoms with Crippen LogP contribution in [0.3, 0.4) is 0 Å². The minimum atomic E-state index is -0.302. The molecule has 6 heteroatoms. The predicted octanol–water partition coefficient (Wildman–Crippen LogP) is 3.82. The Morgan fingerprint density at radius 2 is 1.76 bits per heavy atom. The van der Waals surface area contributed by atoms with E-state index in [4.69, 9.17) is 21.1 Å². The Labute approximate surface area is 153 Å². The summed E-state index contributed by atoms with van der Waals surface area (Å²) in [6, 6.07) is 12.5. The summed E-state index contributed by atoms with van der Waals surface area (Å²) in [6.07, 6.45) is 0. The lowest BCUT2D eigenvalue weighted by Crippen LogP contribution is -2.39. The maximum absolute atomic E-state index is 12.4. The lowest BCUT2D eigenvalue weighted by molar-refractivity contribution is -0.120. The first-order valence-corrected chi connectivity index (χ1v) is 8.30. The first-order chi connectivity index (χ1) is 11.9. The maximum Gasteiger partial charge on any atom is 0.241 e. The van der Waals surface area contributed by atoms with Gasteiger partial charge in [0.1, 0.15) is 0 Å². The van der Waals surface area contributed by atoms with Crippen molar-refractivity contribution in [1.29, 1.82) is 0 Å². The topological polar surface area (TPSA) is 50.8 Å². The number of rotatable bonds is 7. The van der Waals surface area contributed by atoms with Gasteiger partial charge in [0.25, 0.3) is 0 Å². The van der Waals surface area contributed by atoms with Crippen LogP contribution in [0, 0.1) is 0 Å². The number of carbonyl (C=O) groups is 1. The van der Waals surface area contributed by atoms with Gasteiger partial charge in [-0.05, 0) is 55.9 Å². The number of nitrogens with zero attached hydrogens (tertiary/aromatic N) is 1. The number of carbonyl (C=O) groups excluding carboxylic acids is 1. The Kier molecular flexibility index (Phi) is 6.67. The van der Waals surface area contributed by atoms with E-state index in [1.54, 1.807) is 38.5 Å². The summed E-state index contributed by atoms with van der Waals surface area (Å²) < 4.78 is 10.6. The van der Waals surface area contributed by atoms with E-state index in [1.807, 2.05) is 37.1 Å². The molecule has 0 spiro atoms. The molecule has 2 rings (SSSR count). The fraction of sp³-hybridized carbons (Fsp3) is 0.316. The SMILES string of the molecule is COc1ccc(CN(C)[C@@H](C)C(=O)Nc2ccc(Cl)cc2)cc1OC. The minimum absolute atomic E-state index is 0.0784. The third kappa shape index (κ3) is 5.11. The number of hydrogen-bond acceptors (Lipinski definition) is 4. The van der Waals surface area contributed by atoms with Crippen LogP contribution in [0.15, 0.2) is 42.5 Å². The molecule has 0 saturated heterocycles. The minimum Gasteiger partial charge on any atom is -0.493 e. The van der Waals surface area contributed by atoms with Crippen molar-refractivity contribution in [2.24, 2.45) is 0 Å². The van der Waals surface area contributed by atoms with Gasteiger partial charge >= 0.3 is 0 Å². The molecule has 0 bridgehead atoms. The molecule has 0 aliphatic carbocycles. The molecule has 0 unspecified atom stereocenters. The van der Waals surface area contributed by atoms with Crippen molar-refractivity contribution < 1.29 is 14.3 Å². The molecule has 134 valence electrons. The molecule has 0 heterocycles. The fourth-order valence-corrected chi connectivity index (χ4v) is 2.51. The number of amides is 1. The summed E-state index contributed by atoms with van der Waals surface area (Å²) in [6.45, 7) is 2.47. The highest BCUT2D eigenvalue weighted by atomic mass is 35.5. The number of benzene rings is 2. The summed E-state index contributed by atoms with van der Waals surface area (Å²) in [7, 11) is 5.11. The lowest BCUT2D eigenvalue weighted by atomic mass is 10.1. The highest BCUT2D eigenvalue weighted by Gasteiger charge is 2.19. The van der Waals surface area contributed by atoms with Crippen molar-refractivity contribution in [1.82, 2.24) is 4.90 Å². The number of ether oxygens (including phenoxy) is 2. The van der Waals surface area contributed by atoms with E-state index in [2.05, 4.69) is 5.32 Å². The second-order valence-electron chi connectivity index (χ2n) is 5.78. The quantitative estimate of drug-likeness (QED) is 0.813. The van der Waals surface area contributed by atoms with Crippen LogP contribution in [0.4, 0.5) is 5.69 Å². The van der Waals surface area contributed by atoms with E-state index in [0.717, 1.165) is 11.3 Å². The van der Waals surface area contributed by atoms with Crippen LogP contribution < -0.4 is 14.8 Å². The molecule has 1 amide bonds. The third-order valence-corrected chi connectivity index (χ3v) is 4.28. The van der Waals surface area contributed by atoms with Gasteiger partial charge in [-0.25, -0.2) is 0 Å². The van der Waals surface area contributed by atoms with Crippen molar-refractivity contribution in [3.8, 4) is 11.5 Å². The Balaban J connectivity index is 2.00. The smallest absolute Gasteiger partial charge is 0.241 e. The van der Waals surface area contributed by atoms with E-state index >= 15 is 0 Å². The molecular weight excluding hydrogens is 340 g/mol. The fourth-order valence-electron chi connectivity index (χ4n) is 2.38. The number of anilines is 1. The largest absolute Gasteiger partial charge is 0.493 e. The molecule has 0 fully saturated rings. The van der Waals surface area contributed by atoms with Gasteiger partial charge in [-0.3, -0.25) is 9.69 Å². The standard InChI is InChI=1S/C19H23ClN2O3/c1-13(19(23)21-16-8-6-15(20)7-9-16)22(2)12-14-5-10-17(24-3)18(11-14)25-4/h5-11,13H,12H2,1-4H3,(H,21,23)/t13-/m0/s1. The number of hydrogen-bond donors (Lipinski definition) is 1. The number of methoxy groups -OCH3 is 2. The Hall–Kier alpha value is -2.24. The maximum atomic E-state index is 12.4. The van der Waals surface area contributed by atoms with Gasteiger partial charge in [0, 0.05) is 17.3 Å². The normalized spacial score (nSPS) is 11.9. The van der Waals surface area contributed by atoms with Crippen molar-refractivity contribution in [3.63, 3.8) is 0 Å². The molecule has 0 aromatic heterocycles. The van der Waals surface area contributed by atoms with E-state index in [-0.39, 0.29) is 11.9 Å². The molecule has 2 aromatic carbocycles. The average molecular weight is 363 g/mol. The van der Waals surface area contributed by atoms with Crippen LogP contribution in [-0.4, -0.2) is 38.1 Å². The lowest BCUT2D eigenvalue weighted by Gasteiger charge is -2.24. The zero-order valence-electron chi connectivity index (χ0n) is 14.9.